The van der Waals surface area contributed by atoms with Crippen molar-refractivity contribution in [2.24, 2.45) is 0 Å². The van der Waals surface area contributed by atoms with Crippen LogP contribution in [0.4, 0.5) is 0 Å². The molecule has 0 unspecified atom stereocenters. The number of hydrogen-bond donors (Lipinski definition) is 1. The standard InChI is InChI=1S/C18H16IO/c20-19(16-10-4-1-5-11-16,17-12-6-2-7-13-17)18-14-8-3-9-15-18/h1-15,20H/q-1. The second kappa shape index (κ2) is 5.77. The van der Waals surface area contributed by atoms with Gasteiger partial charge in [0.2, 0.25) is 0 Å². The molecule has 20 heavy (non-hydrogen) atoms. The predicted molar refractivity (Wildman–Crippen MR) is 77.6 cm³/mol. The van der Waals surface area contributed by atoms with E-state index in [0.29, 0.717) is 0 Å². The van der Waals surface area contributed by atoms with Crippen LogP contribution in [-0.4, -0.2) is 3.44 Å². The molecule has 0 spiro atoms. The van der Waals surface area contributed by atoms with Crippen LogP contribution in [0.5, 0.6) is 0 Å². The molecule has 0 aliphatic heterocycles. The summed E-state index contributed by atoms with van der Waals surface area (Å²) in [5, 5.41) is 0. The van der Waals surface area contributed by atoms with Gasteiger partial charge < -0.3 is 0 Å². The van der Waals surface area contributed by atoms with Gasteiger partial charge in [-0.25, -0.2) is 0 Å². The van der Waals surface area contributed by atoms with E-state index in [2.05, 4.69) is 0 Å². The van der Waals surface area contributed by atoms with Gasteiger partial charge in [0.05, 0.1) is 0 Å². The minimum atomic E-state index is -3.40. The fourth-order valence-electron chi connectivity index (χ4n) is 2.17. The Morgan fingerprint density at radius 3 is 0.950 bits per heavy atom. The third-order valence-electron chi connectivity index (χ3n) is 3.15. The average Bonchev–Trinajstić information content (AvgIpc) is 2.56. The molecule has 0 aliphatic rings. The molecule has 0 aliphatic carbocycles. The van der Waals surface area contributed by atoms with Crippen molar-refractivity contribution in [1.29, 1.82) is 0 Å². The summed E-state index contributed by atoms with van der Waals surface area (Å²) in [7, 11) is 0. The second-order valence-electron chi connectivity index (χ2n) is 4.42. The zero-order valence-electron chi connectivity index (χ0n) is 11.0. The Morgan fingerprint density at radius 2 is 0.700 bits per heavy atom. The van der Waals surface area contributed by atoms with Crippen molar-refractivity contribution in [1.82, 2.24) is 0 Å². The maximum atomic E-state index is 11.6. The topological polar surface area (TPSA) is 20.2 Å². The molecule has 3 aromatic rings. The quantitative estimate of drug-likeness (QED) is 0.668. The van der Waals surface area contributed by atoms with Gasteiger partial charge in [-0.2, -0.15) is 0 Å². The van der Waals surface area contributed by atoms with Crippen LogP contribution in [0, 0.1) is 10.7 Å². The van der Waals surface area contributed by atoms with Crippen LogP contribution in [0.25, 0.3) is 0 Å². The molecule has 3 rings (SSSR count). The summed E-state index contributed by atoms with van der Waals surface area (Å²) >= 11 is -3.40. The first kappa shape index (κ1) is 13.3. The van der Waals surface area contributed by atoms with Crippen LogP contribution in [0.2, 0.25) is 0 Å². The van der Waals surface area contributed by atoms with Crippen LogP contribution < -0.4 is 18.8 Å². The third-order valence-corrected chi connectivity index (χ3v) is 10.7. The van der Waals surface area contributed by atoms with Crippen LogP contribution >= 0.6 is 0 Å². The second-order valence-corrected chi connectivity index (χ2v) is 11.2. The Labute approximate surface area is 124 Å². The van der Waals surface area contributed by atoms with Crippen molar-refractivity contribution in [2.75, 3.05) is 0 Å². The van der Waals surface area contributed by atoms with Crippen LogP contribution in [0.3, 0.4) is 0 Å². The number of hydrogen-bond acceptors (Lipinski definition) is 1. The molecule has 0 atom stereocenters. The van der Waals surface area contributed by atoms with E-state index in [9.17, 15) is 3.44 Å². The third kappa shape index (κ3) is 2.37. The van der Waals surface area contributed by atoms with E-state index in [4.69, 9.17) is 0 Å². The number of benzene rings is 3. The summed E-state index contributed by atoms with van der Waals surface area (Å²) in [4.78, 5) is 0. The molecule has 0 heterocycles. The van der Waals surface area contributed by atoms with Gasteiger partial charge in [0.1, 0.15) is 0 Å². The van der Waals surface area contributed by atoms with Crippen LogP contribution in [0.1, 0.15) is 0 Å². The van der Waals surface area contributed by atoms with Crippen molar-refractivity contribution in [3.8, 4) is 0 Å². The van der Waals surface area contributed by atoms with E-state index in [0.717, 1.165) is 10.7 Å². The summed E-state index contributed by atoms with van der Waals surface area (Å²) in [6.07, 6.45) is 0. The summed E-state index contributed by atoms with van der Waals surface area (Å²) in [6.45, 7) is 0. The normalized spacial score (nSPS) is 12.1. The molecular formula is C18H16IO-. The predicted octanol–water partition coefficient (Wildman–Crippen LogP) is 0.664. The minimum absolute atomic E-state index is 1.05. The first-order chi connectivity index (χ1) is 9.82. The van der Waals surface area contributed by atoms with Crippen molar-refractivity contribution >= 4 is 0 Å². The molecule has 1 nitrogen and oxygen atoms in total. The fourth-order valence-corrected chi connectivity index (χ4v) is 8.69. The number of halogens is 1. The molecule has 0 radical (unpaired) electrons. The SMILES string of the molecule is O[I-](c1ccccc1)(c1ccccc1)c1ccccc1. The Bertz CT molecular complexity index is 569. The number of rotatable bonds is 3. The van der Waals surface area contributed by atoms with E-state index in [1.54, 1.807) is 0 Å². The van der Waals surface area contributed by atoms with Crippen LogP contribution in [0.15, 0.2) is 91.0 Å². The molecule has 0 amide bonds. The summed E-state index contributed by atoms with van der Waals surface area (Å²) in [6, 6.07) is 30.2. The van der Waals surface area contributed by atoms with Gasteiger partial charge in [-0.3, -0.25) is 0 Å². The van der Waals surface area contributed by atoms with Crippen molar-refractivity contribution < 1.29 is 22.3 Å². The first-order valence-corrected chi connectivity index (χ1v) is 10.7. The van der Waals surface area contributed by atoms with E-state index in [1.165, 1.54) is 0 Å². The first-order valence-electron chi connectivity index (χ1n) is 6.47. The van der Waals surface area contributed by atoms with Crippen molar-refractivity contribution in [3.05, 3.63) is 102 Å². The van der Waals surface area contributed by atoms with E-state index in [-0.39, 0.29) is 0 Å². The van der Waals surface area contributed by atoms with Gasteiger partial charge in [-0.15, -0.1) is 0 Å². The van der Waals surface area contributed by atoms with Crippen molar-refractivity contribution in [2.45, 2.75) is 0 Å². The molecular weight excluding hydrogens is 359 g/mol. The molecule has 0 saturated carbocycles. The zero-order valence-corrected chi connectivity index (χ0v) is 13.1. The van der Waals surface area contributed by atoms with Gasteiger partial charge in [-0.05, 0) is 0 Å². The van der Waals surface area contributed by atoms with Crippen LogP contribution in [-0.2, 0) is 0 Å². The maximum absolute atomic E-state index is 11.6. The van der Waals surface area contributed by atoms with E-state index in [1.807, 2.05) is 91.0 Å². The van der Waals surface area contributed by atoms with Gasteiger partial charge >= 0.3 is 124 Å². The van der Waals surface area contributed by atoms with Gasteiger partial charge in [0, 0.05) is 0 Å². The molecule has 1 N–H and O–H groups in total. The Balaban J connectivity index is 2.24. The van der Waals surface area contributed by atoms with E-state index >= 15 is 0 Å². The van der Waals surface area contributed by atoms with Gasteiger partial charge in [0.15, 0.2) is 0 Å². The van der Waals surface area contributed by atoms with Gasteiger partial charge in [-0.1, -0.05) is 0 Å². The Kier molecular flexibility index (Phi) is 3.85. The van der Waals surface area contributed by atoms with E-state index < -0.39 is 18.8 Å². The average molecular weight is 375 g/mol. The summed E-state index contributed by atoms with van der Waals surface area (Å²) < 4.78 is 14.8. The van der Waals surface area contributed by atoms with Crippen molar-refractivity contribution in [3.63, 3.8) is 0 Å². The molecule has 0 fully saturated rings. The molecule has 0 bridgehead atoms. The molecule has 0 saturated heterocycles. The molecule has 3 aromatic carbocycles. The summed E-state index contributed by atoms with van der Waals surface area (Å²) in [5.41, 5.74) is 0. The zero-order chi connectivity index (χ0) is 13.8. The van der Waals surface area contributed by atoms with Gasteiger partial charge in [0.25, 0.3) is 0 Å². The summed E-state index contributed by atoms with van der Waals surface area (Å²) in [5.74, 6) is 0. The molecule has 0 aromatic heterocycles. The molecule has 2 heteroatoms. The fraction of sp³-hybridized carbons (Fsp3) is 0. The monoisotopic (exact) mass is 375 g/mol. The molecule has 102 valence electrons. The Hall–Kier alpha value is -1.65. The Morgan fingerprint density at radius 1 is 0.450 bits per heavy atom.